The third-order valence-electron chi connectivity index (χ3n) is 4.97. The Bertz CT molecular complexity index is 1120. The van der Waals surface area contributed by atoms with Crippen LogP contribution in [0.4, 0.5) is 22.0 Å². The molecule has 0 spiro atoms. The molecule has 2 aromatic heterocycles. The van der Waals surface area contributed by atoms with Crippen LogP contribution in [0.2, 0.25) is 5.02 Å². The lowest BCUT2D eigenvalue weighted by molar-refractivity contribution is -0.137. The Labute approximate surface area is 167 Å². The number of halogens is 6. The number of benzene rings is 1. The zero-order valence-electron chi connectivity index (χ0n) is 15.0. The molecule has 2 heterocycles. The zero-order chi connectivity index (χ0) is 20.8. The molecule has 0 aliphatic heterocycles. The number of aryl methyl sites for hydroxylation is 1. The van der Waals surface area contributed by atoms with E-state index < -0.39 is 23.4 Å². The van der Waals surface area contributed by atoms with E-state index in [-0.39, 0.29) is 18.0 Å². The maximum absolute atomic E-state index is 13.6. The van der Waals surface area contributed by atoms with E-state index in [2.05, 4.69) is 15.0 Å². The standard InChI is InChI=1S/C20H15ClF5N3/c21-13-6-10(20(24,25)26)9-28-16(13)4-5-27-17-3-1-2-11-12-7-14(22)15(23)8-18(12)29-19(11)17/h6-9,29H,1-5H2. The number of nitrogens with one attached hydrogen (secondary N) is 1. The van der Waals surface area contributed by atoms with Crippen molar-refractivity contribution >= 4 is 28.2 Å². The van der Waals surface area contributed by atoms with Crippen molar-refractivity contribution in [3.05, 3.63) is 63.6 Å². The molecule has 0 bridgehead atoms. The summed E-state index contributed by atoms with van der Waals surface area (Å²) in [6.45, 7) is 0.283. The first-order chi connectivity index (χ1) is 13.7. The summed E-state index contributed by atoms with van der Waals surface area (Å²) in [5.41, 5.74) is 2.37. The van der Waals surface area contributed by atoms with Crippen molar-refractivity contribution < 1.29 is 22.0 Å². The average Bonchev–Trinajstić information content (AvgIpc) is 3.01. The van der Waals surface area contributed by atoms with Gasteiger partial charge in [-0.05, 0) is 37.0 Å². The fourth-order valence-corrected chi connectivity index (χ4v) is 3.83. The Hall–Kier alpha value is -2.48. The van der Waals surface area contributed by atoms with Crippen LogP contribution in [0, 0.1) is 11.6 Å². The van der Waals surface area contributed by atoms with Crippen LogP contribution in [0.25, 0.3) is 10.9 Å². The molecule has 0 fully saturated rings. The van der Waals surface area contributed by atoms with Gasteiger partial charge in [-0.3, -0.25) is 9.98 Å². The largest absolute Gasteiger partial charge is 0.417 e. The Balaban J connectivity index is 1.57. The highest BCUT2D eigenvalue weighted by atomic mass is 35.5. The third-order valence-corrected chi connectivity index (χ3v) is 5.30. The summed E-state index contributed by atoms with van der Waals surface area (Å²) in [6, 6.07) is 3.18. The smallest absolute Gasteiger partial charge is 0.353 e. The van der Waals surface area contributed by atoms with Gasteiger partial charge in [0.1, 0.15) is 0 Å². The molecule has 0 saturated carbocycles. The van der Waals surface area contributed by atoms with Crippen molar-refractivity contribution in [1.82, 2.24) is 9.97 Å². The number of aromatic nitrogens is 2. The maximum Gasteiger partial charge on any atom is 0.417 e. The molecule has 1 aromatic carbocycles. The molecular weight excluding hydrogens is 413 g/mol. The van der Waals surface area contributed by atoms with Crippen LogP contribution in [-0.2, 0) is 19.0 Å². The van der Waals surface area contributed by atoms with E-state index in [4.69, 9.17) is 11.6 Å². The van der Waals surface area contributed by atoms with Crippen molar-refractivity contribution in [2.45, 2.75) is 31.9 Å². The van der Waals surface area contributed by atoms with E-state index in [9.17, 15) is 22.0 Å². The SMILES string of the molecule is Fc1cc2[nH]c3c(c2cc1F)CCCC3=NCCc1ncc(C(F)(F)F)cc1Cl. The van der Waals surface area contributed by atoms with Crippen molar-refractivity contribution in [3.8, 4) is 0 Å². The molecule has 0 radical (unpaired) electrons. The highest BCUT2D eigenvalue weighted by Gasteiger charge is 2.31. The molecule has 4 rings (SSSR count). The van der Waals surface area contributed by atoms with Gasteiger partial charge in [0.05, 0.1) is 27.7 Å². The minimum Gasteiger partial charge on any atom is -0.353 e. The number of rotatable bonds is 3. The predicted molar refractivity (Wildman–Crippen MR) is 101 cm³/mol. The highest BCUT2D eigenvalue weighted by molar-refractivity contribution is 6.31. The molecule has 152 valence electrons. The molecule has 0 saturated heterocycles. The summed E-state index contributed by atoms with van der Waals surface area (Å²) in [7, 11) is 0. The second kappa shape index (κ2) is 7.40. The molecule has 1 N–H and O–H groups in total. The fraction of sp³-hybridized carbons (Fsp3) is 0.300. The summed E-state index contributed by atoms with van der Waals surface area (Å²) in [5.74, 6) is -1.82. The molecule has 29 heavy (non-hydrogen) atoms. The maximum atomic E-state index is 13.6. The van der Waals surface area contributed by atoms with Gasteiger partial charge in [-0.1, -0.05) is 11.6 Å². The average molecular weight is 428 g/mol. The lowest BCUT2D eigenvalue weighted by Crippen LogP contribution is -2.12. The van der Waals surface area contributed by atoms with Gasteiger partial charge >= 0.3 is 6.18 Å². The Morgan fingerprint density at radius 2 is 1.86 bits per heavy atom. The second-order valence-electron chi connectivity index (χ2n) is 6.87. The summed E-state index contributed by atoms with van der Waals surface area (Å²) >= 11 is 5.93. The van der Waals surface area contributed by atoms with Crippen molar-refractivity contribution in [2.24, 2.45) is 4.99 Å². The molecular formula is C20H15ClF5N3. The van der Waals surface area contributed by atoms with E-state index in [1.807, 2.05) is 0 Å². The Morgan fingerprint density at radius 1 is 1.10 bits per heavy atom. The molecule has 0 unspecified atom stereocenters. The number of hydrogen-bond donors (Lipinski definition) is 1. The van der Waals surface area contributed by atoms with Gasteiger partial charge in [0.15, 0.2) is 11.6 Å². The Kier molecular flexibility index (Phi) is 5.06. The van der Waals surface area contributed by atoms with Gasteiger partial charge < -0.3 is 4.98 Å². The van der Waals surface area contributed by atoms with Gasteiger partial charge in [-0.25, -0.2) is 8.78 Å². The first-order valence-corrected chi connectivity index (χ1v) is 9.36. The number of aliphatic imine (C=N–C) groups is 1. The van der Waals surface area contributed by atoms with E-state index in [1.54, 1.807) is 0 Å². The van der Waals surface area contributed by atoms with Crippen LogP contribution in [0.1, 0.15) is 35.4 Å². The van der Waals surface area contributed by atoms with Gasteiger partial charge in [0, 0.05) is 36.1 Å². The van der Waals surface area contributed by atoms with Gasteiger partial charge in [0.2, 0.25) is 0 Å². The van der Waals surface area contributed by atoms with Crippen LogP contribution < -0.4 is 0 Å². The second-order valence-corrected chi connectivity index (χ2v) is 7.28. The summed E-state index contributed by atoms with van der Waals surface area (Å²) in [6.07, 6.45) is -1.22. The van der Waals surface area contributed by atoms with Crippen molar-refractivity contribution in [1.29, 1.82) is 0 Å². The lowest BCUT2D eigenvalue weighted by Gasteiger charge is -2.14. The number of alkyl halides is 3. The molecule has 1 aliphatic carbocycles. The molecule has 0 atom stereocenters. The van der Waals surface area contributed by atoms with E-state index in [0.29, 0.717) is 23.0 Å². The highest BCUT2D eigenvalue weighted by Crippen LogP contribution is 2.32. The molecule has 9 heteroatoms. The number of pyridine rings is 1. The van der Waals surface area contributed by atoms with Crippen LogP contribution in [0.5, 0.6) is 0 Å². The van der Waals surface area contributed by atoms with Gasteiger partial charge in [0.25, 0.3) is 0 Å². The van der Waals surface area contributed by atoms with Gasteiger partial charge in [-0.15, -0.1) is 0 Å². The number of hydrogen-bond acceptors (Lipinski definition) is 2. The van der Waals surface area contributed by atoms with Crippen LogP contribution in [0.15, 0.2) is 29.4 Å². The summed E-state index contributed by atoms with van der Waals surface area (Å²) in [5, 5.41) is 0.583. The van der Waals surface area contributed by atoms with Crippen molar-refractivity contribution in [3.63, 3.8) is 0 Å². The first-order valence-electron chi connectivity index (χ1n) is 8.99. The normalized spacial score (nSPS) is 15.9. The Morgan fingerprint density at radius 3 is 2.59 bits per heavy atom. The zero-order valence-corrected chi connectivity index (χ0v) is 15.8. The number of H-pyrrole nitrogens is 1. The number of aromatic amines is 1. The van der Waals surface area contributed by atoms with E-state index >= 15 is 0 Å². The molecule has 3 aromatic rings. The molecule has 0 amide bonds. The summed E-state index contributed by atoms with van der Waals surface area (Å²) in [4.78, 5) is 11.5. The van der Waals surface area contributed by atoms with E-state index in [0.717, 1.165) is 48.1 Å². The molecule has 3 nitrogen and oxygen atoms in total. The van der Waals surface area contributed by atoms with Crippen LogP contribution in [-0.4, -0.2) is 22.2 Å². The third kappa shape index (κ3) is 3.85. The lowest BCUT2D eigenvalue weighted by atomic mass is 9.94. The molecule has 1 aliphatic rings. The minimum absolute atomic E-state index is 0.0547. The summed E-state index contributed by atoms with van der Waals surface area (Å²) < 4.78 is 65.2. The fourth-order valence-electron chi connectivity index (χ4n) is 3.57. The number of fused-ring (bicyclic) bond motifs is 3. The topological polar surface area (TPSA) is 41.0 Å². The van der Waals surface area contributed by atoms with Gasteiger partial charge in [-0.2, -0.15) is 13.2 Å². The first kappa shape index (κ1) is 19.8. The van der Waals surface area contributed by atoms with Crippen molar-refractivity contribution in [2.75, 3.05) is 6.54 Å². The monoisotopic (exact) mass is 427 g/mol. The predicted octanol–water partition coefficient (Wildman–Crippen LogP) is 5.88. The van der Waals surface area contributed by atoms with E-state index in [1.165, 1.54) is 6.07 Å². The van der Waals surface area contributed by atoms with Crippen LogP contribution in [0.3, 0.4) is 0 Å². The van der Waals surface area contributed by atoms with Crippen LogP contribution >= 0.6 is 11.6 Å². The minimum atomic E-state index is -4.50. The quantitative estimate of drug-likeness (QED) is 0.521. The number of nitrogens with zero attached hydrogens (tertiary/aromatic N) is 2.